The second kappa shape index (κ2) is 4.81. The summed E-state index contributed by atoms with van der Waals surface area (Å²) in [5.41, 5.74) is 6.89. The molecule has 0 unspecified atom stereocenters. The number of nitrogens with zero attached hydrogens (tertiary/aromatic N) is 4. The lowest BCUT2D eigenvalue weighted by atomic mass is 10.2. The van der Waals surface area contributed by atoms with Gasteiger partial charge in [-0.1, -0.05) is 6.07 Å². The van der Waals surface area contributed by atoms with Crippen molar-refractivity contribution in [3.05, 3.63) is 41.5 Å². The van der Waals surface area contributed by atoms with Crippen LogP contribution in [0.5, 0.6) is 0 Å². The molecule has 0 fully saturated rings. The number of nitrogen functional groups attached to an aromatic ring is 1. The van der Waals surface area contributed by atoms with Crippen molar-refractivity contribution in [1.82, 2.24) is 15.0 Å². The number of thiophene rings is 1. The van der Waals surface area contributed by atoms with E-state index in [2.05, 4.69) is 19.9 Å². The molecule has 0 aliphatic heterocycles. The van der Waals surface area contributed by atoms with Crippen LogP contribution >= 0.6 is 11.3 Å². The van der Waals surface area contributed by atoms with Crippen LogP contribution in [0.15, 0.2) is 36.0 Å². The number of hydrogen-bond acceptors (Lipinski definition) is 6. The van der Waals surface area contributed by atoms with Gasteiger partial charge in [0.15, 0.2) is 0 Å². The summed E-state index contributed by atoms with van der Waals surface area (Å²) in [6, 6.07) is 5.99. The van der Waals surface area contributed by atoms with Crippen LogP contribution < -0.4 is 10.6 Å². The average molecular weight is 271 g/mol. The van der Waals surface area contributed by atoms with Gasteiger partial charge in [-0.05, 0) is 23.1 Å². The molecule has 3 heterocycles. The third-order valence-electron chi connectivity index (χ3n) is 2.83. The van der Waals surface area contributed by atoms with E-state index in [4.69, 9.17) is 5.73 Å². The van der Waals surface area contributed by atoms with Crippen LogP contribution in [0.25, 0.3) is 10.2 Å². The maximum Gasteiger partial charge on any atom is 0.223 e. The van der Waals surface area contributed by atoms with E-state index in [0.717, 1.165) is 28.1 Å². The summed E-state index contributed by atoms with van der Waals surface area (Å²) < 4.78 is 0. The Hall–Kier alpha value is -2.21. The van der Waals surface area contributed by atoms with Crippen LogP contribution in [0.1, 0.15) is 5.56 Å². The van der Waals surface area contributed by atoms with Gasteiger partial charge in [-0.25, -0.2) is 4.98 Å². The van der Waals surface area contributed by atoms with Crippen LogP contribution in [-0.4, -0.2) is 22.0 Å². The lowest BCUT2D eigenvalue weighted by Crippen LogP contribution is -2.18. The van der Waals surface area contributed by atoms with E-state index < -0.39 is 0 Å². The third-order valence-corrected chi connectivity index (χ3v) is 3.63. The van der Waals surface area contributed by atoms with Crippen molar-refractivity contribution in [2.45, 2.75) is 6.54 Å². The molecule has 3 aromatic heterocycles. The minimum atomic E-state index is 0.308. The second-order valence-electron chi connectivity index (χ2n) is 4.26. The first-order chi connectivity index (χ1) is 9.24. The number of pyridine rings is 1. The molecule has 0 spiro atoms. The molecular formula is C13H13N5S. The zero-order chi connectivity index (χ0) is 13.2. The Balaban J connectivity index is 1.97. The molecule has 0 amide bonds. The maximum atomic E-state index is 5.76. The molecule has 6 heteroatoms. The minimum absolute atomic E-state index is 0.308. The Bertz CT molecular complexity index is 695. The molecule has 3 rings (SSSR count). The molecule has 0 atom stereocenters. The highest BCUT2D eigenvalue weighted by Crippen LogP contribution is 2.28. The summed E-state index contributed by atoms with van der Waals surface area (Å²) in [4.78, 5) is 15.7. The van der Waals surface area contributed by atoms with Gasteiger partial charge in [0, 0.05) is 26.0 Å². The van der Waals surface area contributed by atoms with Crippen LogP contribution in [0.4, 0.5) is 11.8 Å². The SMILES string of the molecule is CN(Cc1cccnc1)c1nc(N)nc2sccc12. The number of hydrogen-bond donors (Lipinski definition) is 1. The fraction of sp³-hybridized carbons (Fsp3) is 0.154. The highest BCUT2D eigenvalue weighted by atomic mass is 32.1. The predicted molar refractivity (Wildman–Crippen MR) is 78.2 cm³/mol. The van der Waals surface area contributed by atoms with Crippen molar-refractivity contribution < 1.29 is 0 Å². The van der Waals surface area contributed by atoms with Crippen molar-refractivity contribution in [2.75, 3.05) is 17.7 Å². The Morgan fingerprint density at radius 3 is 3.00 bits per heavy atom. The molecule has 0 aliphatic rings. The van der Waals surface area contributed by atoms with E-state index in [1.807, 2.05) is 36.8 Å². The Morgan fingerprint density at radius 1 is 1.32 bits per heavy atom. The summed E-state index contributed by atoms with van der Waals surface area (Å²) >= 11 is 1.57. The highest BCUT2D eigenvalue weighted by molar-refractivity contribution is 7.16. The number of aromatic nitrogens is 3. The molecule has 0 radical (unpaired) electrons. The molecule has 2 N–H and O–H groups in total. The van der Waals surface area contributed by atoms with E-state index in [1.54, 1.807) is 17.5 Å². The van der Waals surface area contributed by atoms with Gasteiger partial charge in [-0.15, -0.1) is 11.3 Å². The van der Waals surface area contributed by atoms with Crippen molar-refractivity contribution in [3.8, 4) is 0 Å². The van der Waals surface area contributed by atoms with Gasteiger partial charge in [0.1, 0.15) is 10.6 Å². The van der Waals surface area contributed by atoms with Gasteiger partial charge in [-0.3, -0.25) is 4.98 Å². The molecule has 0 aliphatic carbocycles. The highest BCUT2D eigenvalue weighted by Gasteiger charge is 2.11. The Kier molecular flexibility index (Phi) is 3.00. The fourth-order valence-electron chi connectivity index (χ4n) is 1.99. The predicted octanol–water partition coefficient (Wildman–Crippen LogP) is 2.30. The lowest BCUT2D eigenvalue weighted by Gasteiger charge is -2.19. The quantitative estimate of drug-likeness (QED) is 0.791. The summed E-state index contributed by atoms with van der Waals surface area (Å²) in [7, 11) is 1.99. The van der Waals surface area contributed by atoms with Crippen molar-refractivity contribution in [3.63, 3.8) is 0 Å². The third kappa shape index (κ3) is 2.34. The van der Waals surface area contributed by atoms with Crippen molar-refractivity contribution in [2.24, 2.45) is 0 Å². The standard InChI is InChI=1S/C13H13N5S/c1-18(8-9-3-2-5-15-7-9)11-10-4-6-19-12(10)17-13(14)16-11/h2-7H,8H2,1H3,(H2,14,16,17). The molecule has 5 nitrogen and oxygen atoms in total. The number of nitrogens with two attached hydrogens (primary N) is 1. The zero-order valence-corrected chi connectivity index (χ0v) is 11.3. The van der Waals surface area contributed by atoms with Gasteiger partial charge in [0.2, 0.25) is 5.95 Å². The Labute approximate surface area is 114 Å². The van der Waals surface area contributed by atoms with Gasteiger partial charge in [0.25, 0.3) is 0 Å². The van der Waals surface area contributed by atoms with E-state index in [1.165, 1.54) is 0 Å². The van der Waals surface area contributed by atoms with E-state index in [-0.39, 0.29) is 0 Å². The Morgan fingerprint density at radius 2 is 2.21 bits per heavy atom. The van der Waals surface area contributed by atoms with Crippen LogP contribution in [0.3, 0.4) is 0 Å². The molecular weight excluding hydrogens is 258 g/mol. The normalized spacial score (nSPS) is 10.8. The van der Waals surface area contributed by atoms with Crippen LogP contribution in [-0.2, 0) is 6.54 Å². The van der Waals surface area contributed by atoms with Crippen molar-refractivity contribution >= 4 is 33.3 Å². The van der Waals surface area contributed by atoms with E-state index in [9.17, 15) is 0 Å². The maximum absolute atomic E-state index is 5.76. The molecule has 0 saturated heterocycles. The van der Waals surface area contributed by atoms with Gasteiger partial charge < -0.3 is 10.6 Å². The van der Waals surface area contributed by atoms with Crippen LogP contribution in [0, 0.1) is 0 Å². The van der Waals surface area contributed by atoms with E-state index in [0.29, 0.717) is 5.95 Å². The summed E-state index contributed by atoms with van der Waals surface area (Å²) in [5, 5.41) is 3.03. The molecule has 19 heavy (non-hydrogen) atoms. The smallest absolute Gasteiger partial charge is 0.223 e. The first-order valence-electron chi connectivity index (χ1n) is 5.85. The van der Waals surface area contributed by atoms with Gasteiger partial charge in [0.05, 0.1) is 5.39 Å². The van der Waals surface area contributed by atoms with Crippen LogP contribution in [0.2, 0.25) is 0 Å². The first kappa shape index (κ1) is 11.9. The molecule has 3 aromatic rings. The summed E-state index contributed by atoms with van der Waals surface area (Å²) in [6.07, 6.45) is 3.62. The van der Waals surface area contributed by atoms with E-state index >= 15 is 0 Å². The average Bonchev–Trinajstić information content (AvgIpc) is 2.86. The molecule has 96 valence electrons. The van der Waals surface area contributed by atoms with Gasteiger partial charge >= 0.3 is 0 Å². The first-order valence-corrected chi connectivity index (χ1v) is 6.73. The molecule has 0 bridgehead atoms. The fourth-order valence-corrected chi connectivity index (χ4v) is 2.75. The summed E-state index contributed by atoms with van der Waals surface area (Å²) in [5.74, 6) is 1.16. The summed E-state index contributed by atoms with van der Waals surface area (Å²) in [6.45, 7) is 0.731. The largest absolute Gasteiger partial charge is 0.368 e. The van der Waals surface area contributed by atoms with Gasteiger partial charge in [-0.2, -0.15) is 4.98 Å². The number of anilines is 2. The monoisotopic (exact) mass is 271 g/mol. The lowest BCUT2D eigenvalue weighted by molar-refractivity contribution is 0.896. The minimum Gasteiger partial charge on any atom is -0.368 e. The topological polar surface area (TPSA) is 67.9 Å². The van der Waals surface area contributed by atoms with Crippen molar-refractivity contribution in [1.29, 1.82) is 0 Å². The number of rotatable bonds is 3. The second-order valence-corrected chi connectivity index (χ2v) is 5.16. The molecule has 0 aromatic carbocycles. The molecule has 0 saturated carbocycles. The number of fused-ring (bicyclic) bond motifs is 1. The zero-order valence-electron chi connectivity index (χ0n) is 10.4.